The average Bonchev–Trinajstić information content (AvgIpc) is 1.90. The van der Waals surface area contributed by atoms with E-state index in [4.69, 9.17) is 5.73 Å². The van der Waals surface area contributed by atoms with Gasteiger partial charge in [0.1, 0.15) is 0 Å². The molecule has 3 nitrogen and oxygen atoms in total. The van der Waals surface area contributed by atoms with Gasteiger partial charge in [0, 0.05) is 26.2 Å². The molecule has 0 aromatic rings. The summed E-state index contributed by atoms with van der Waals surface area (Å²) < 4.78 is 0. The van der Waals surface area contributed by atoms with Crippen molar-refractivity contribution in [1.29, 1.82) is 0 Å². The SMILES string of the molecule is C1CNCCN1.CC(C)N. The van der Waals surface area contributed by atoms with Crippen molar-refractivity contribution in [3.8, 4) is 0 Å². The molecule has 0 amide bonds. The van der Waals surface area contributed by atoms with Crippen molar-refractivity contribution in [3.63, 3.8) is 0 Å². The zero-order chi connectivity index (χ0) is 7.82. The molecular weight excluding hydrogens is 126 g/mol. The minimum Gasteiger partial charge on any atom is -0.328 e. The highest BCUT2D eigenvalue weighted by molar-refractivity contribution is 4.59. The van der Waals surface area contributed by atoms with Crippen LogP contribution in [-0.4, -0.2) is 32.2 Å². The van der Waals surface area contributed by atoms with E-state index in [0.717, 1.165) is 26.2 Å². The van der Waals surface area contributed by atoms with Gasteiger partial charge in [-0.3, -0.25) is 0 Å². The molecule has 1 fully saturated rings. The summed E-state index contributed by atoms with van der Waals surface area (Å²) in [5.41, 5.74) is 5.11. The van der Waals surface area contributed by atoms with E-state index < -0.39 is 0 Å². The summed E-state index contributed by atoms with van der Waals surface area (Å²) in [6, 6.07) is 0.333. The first-order valence-corrected chi connectivity index (χ1v) is 3.90. The van der Waals surface area contributed by atoms with E-state index in [0.29, 0.717) is 6.04 Å². The van der Waals surface area contributed by atoms with E-state index in [2.05, 4.69) is 10.6 Å². The zero-order valence-corrected chi connectivity index (χ0v) is 6.98. The standard InChI is InChI=1S/C4H10N2.C3H9N/c1-2-6-4-3-5-1;1-3(2)4/h5-6H,1-4H2;3H,4H2,1-2H3. The molecule has 0 radical (unpaired) electrons. The molecule has 0 atom stereocenters. The Bertz CT molecular complexity index is 45.6. The lowest BCUT2D eigenvalue weighted by atomic mass is 10.4. The normalized spacial score (nSPS) is 18.0. The van der Waals surface area contributed by atoms with Crippen molar-refractivity contribution in [2.24, 2.45) is 5.73 Å². The average molecular weight is 145 g/mol. The first kappa shape index (κ1) is 9.88. The first-order valence-electron chi connectivity index (χ1n) is 3.90. The molecule has 1 saturated heterocycles. The Hall–Kier alpha value is -0.120. The fourth-order valence-electron chi connectivity index (χ4n) is 0.604. The molecule has 1 heterocycles. The summed E-state index contributed by atoms with van der Waals surface area (Å²) in [5.74, 6) is 0. The van der Waals surface area contributed by atoms with E-state index >= 15 is 0 Å². The van der Waals surface area contributed by atoms with Crippen LogP contribution in [0.15, 0.2) is 0 Å². The van der Waals surface area contributed by atoms with Gasteiger partial charge in [-0.1, -0.05) is 13.8 Å². The highest BCUT2D eigenvalue weighted by Crippen LogP contribution is 1.65. The van der Waals surface area contributed by atoms with Crippen LogP contribution >= 0.6 is 0 Å². The lowest BCUT2D eigenvalue weighted by Gasteiger charge is -2.11. The van der Waals surface area contributed by atoms with Gasteiger partial charge in [0.05, 0.1) is 0 Å². The van der Waals surface area contributed by atoms with Crippen molar-refractivity contribution in [2.75, 3.05) is 26.2 Å². The Morgan fingerprint density at radius 1 is 1.00 bits per heavy atom. The van der Waals surface area contributed by atoms with Crippen molar-refractivity contribution in [2.45, 2.75) is 19.9 Å². The summed E-state index contributed by atoms with van der Waals surface area (Å²) >= 11 is 0. The van der Waals surface area contributed by atoms with Gasteiger partial charge in [-0.15, -0.1) is 0 Å². The molecule has 0 aromatic heterocycles. The van der Waals surface area contributed by atoms with E-state index in [1.165, 1.54) is 0 Å². The topological polar surface area (TPSA) is 50.1 Å². The van der Waals surface area contributed by atoms with E-state index in [9.17, 15) is 0 Å². The molecule has 1 rings (SSSR count). The summed E-state index contributed by atoms with van der Waals surface area (Å²) in [6.07, 6.45) is 0. The second-order valence-electron chi connectivity index (χ2n) is 2.74. The molecule has 10 heavy (non-hydrogen) atoms. The predicted octanol–water partition coefficient (Wildman–Crippen LogP) is -0.467. The second kappa shape index (κ2) is 6.99. The second-order valence-corrected chi connectivity index (χ2v) is 2.74. The third-order valence-corrected chi connectivity index (χ3v) is 0.957. The number of hydrogen-bond acceptors (Lipinski definition) is 3. The third-order valence-electron chi connectivity index (χ3n) is 0.957. The summed E-state index contributed by atoms with van der Waals surface area (Å²) in [4.78, 5) is 0. The first-order chi connectivity index (χ1) is 4.73. The smallest absolute Gasteiger partial charge is 0.00772 e. The third kappa shape index (κ3) is 10.8. The molecule has 0 bridgehead atoms. The van der Waals surface area contributed by atoms with Crippen molar-refractivity contribution in [3.05, 3.63) is 0 Å². The van der Waals surface area contributed by atoms with Gasteiger partial charge in [-0.05, 0) is 6.04 Å². The predicted molar refractivity (Wildman–Crippen MR) is 45.1 cm³/mol. The fraction of sp³-hybridized carbons (Fsp3) is 1.00. The highest BCUT2D eigenvalue weighted by Gasteiger charge is 1.91. The molecule has 1 aliphatic heterocycles. The lowest BCUT2D eigenvalue weighted by molar-refractivity contribution is 0.534. The fourth-order valence-corrected chi connectivity index (χ4v) is 0.604. The molecule has 4 N–H and O–H groups in total. The van der Waals surface area contributed by atoms with Crippen molar-refractivity contribution < 1.29 is 0 Å². The molecule has 0 unspecified atom stereocenters. The van der Waals surface area contributed by atoms with Crippen LogP contribution in [0.4, 0.5) is 0 Å². The van der Waals surface area contributed by atoms with E-state index in [-0.39, 0.29) is 0 Å². The van der Waals surface area contributed by atoms with Gasteiger partial charge in [0.25, 0.3) is 0 Å². The van der Waals surface area contributed by atoms with Gasteiger partial charge in [0.2, 0.25) is 0 Å². The lowest BCUT2D eigenvalue weighted by Crippen LogP contribution is -2.39. The van der Waals surface area contributed by atoms with Crippen LogP contribution < -0.4 is 16.4 Å². The zero-order valence-electron chi connectivity index (χ0n) is 6.98. The van der Waals surface area contributed by atoms with Crippen molar-refractivity contribution in [1.82, 2.24) is 10.6 Å². The Balaban J connectivity index is 0.000000180. The molecule has 0 spiro atoms. The minimum atomic E-state index is 0.333. The largest absolute Gasteiger partial charge is 0.328 e. The number of piperazine rings is 1. The Labute approximate surface area is 63.4 Å². The van der Waals surface area contributed by atoms with Gasteiger partial charge in [0.15, 0.2) is 0 Å². The molecule has 0 aliphatic carbocycles. The Kier molecular flexibility index (Phi) is 6.91. The van der Waals surface area contributed by atoms with Crippen LogP contribution in [0.3, 0.4) is 0 Å². The number of rotatable bonds is 0. The van der Waals surface area contributed by atoms with Crippen LogP contribution in [0.2, 0.25) is 0 Å². The maximum absolute atomic E-state index is 5.11. The van der Waals surface area contributed by atoms with Gasteiger partial charge in [-0.2, -0.15) is 0 Å². The molecule has 0 aromatic carbocycles. The van der Waals surface area contributed by atoms with Crippen LogP contribution in [0.1, 0.15) is 13.8 Å². The monoisotopic (exact) mass is 145 g/mol. The quantitative estimate of drug-likeness (QED) is 0.432. The van der Waals surface area contributed by atoms with Crippen LogP contribution in [-0.2, 0) is 0 Å². The summed E-state index contributed by atoms with van der Waals surface area (Å²) in [6.45, 7) is 8.44. The number of hydrogen-bond donors (Lipinski definition) is 3. The number of nitrogens with two attached hydrogens (primary N) is 1. The van der Waals surface area contributed by atoms with Crippen LogP contribution in [0.5, 0.6) is 0 Å². The molecule has 3 heteroatoms. The summed E-state index contributed by atoms with van der Waals surface area (Å²) in [7, 11) is 0. The van der Waals surface area contributed by atoms with E-state index in [1.54, 1.807) is 0 Å². The Morgan fingerprint density at radius 3 is 1.30 bits per heavy atom. The highest BCUT2D eigenvalue weighted by atomic mass is 15.0. The minimum absolute atomic E-state index is 0.333. The Morgan fingerprint density at radius 2 is 1.20 bits per heavy atom. The van der Waals surface area contributed by atoms with E-state index in [1.807, 2.05) is 13.8 Å². The number of nitrogens with one attached hydrogen (secondary N) is 2. The molecule has 62 valence electrons. The van der Waals surface area contributed by atoms with Crippen LogP contribution in [0, 0.1) is 0 Å². The van der Waals surface area contributed by atoms with Crippen LogP contribution in [0.25, 0.3) is 0 Å². The van der Waals surface area contributed by atoms with Crippen molar-refractivity contribution >= 4 is 0 Å². The van der Waals surface area contributed by atoms with Gasteiger partial charge < -0.3 is 16.4 Å². The molecule has 0 saturated carbocycles. The van der Waals surface area contributed by atoms with Gasteiger partial charge >= 0.3 is 0 Å². The summed E-state index contributed by atoms with van der Waals surface area (Å²) in [5, 5.41) is 6.44. The van der Waals surface area contributed by atoms with Gasteiger partial charge in [-0.25, -0.2) is 0 Å². The maximum Gasteiger partial charge on any atom is 0.00772 e. The maximum atomic E-state index is 5.11. The molecule has 1 aliphatic rings. The molecular formula is C7H19N3.